The zero-order chi connectivity index (χ0) is 24.9. The lowest BCUT2D eigenvalue weighted by Gasteiger charge is -2.11. The van der Waals surface area contributed by atoms with Crippen LogP contribution in [0.5, 0.6) is 5.75 Å². The lowest BCUT2D eigenvalue weighted by Crippen LogP contribution is -2.06. The van der Waals surface area contributed by atoms with Crippen molar-refractivity contribution in [2.45, 2.75) is 45.9 Å². The van der Waals surface area contributed by atoms with Gasteiger partial charge in [-0.25, -0.2) is 8.78 Å². The number of halogens is 5. The molecule has 3 rings (SSSR count). The highest BCUT2D eigenvalue weighted by Crippen LogP contribution is 2.41. The minimum atomic E-state index is -4.56. The summed E-state index contributed by atoms with van der Waals surface area (Å²) in [6, 6.07) is 10.2. The number of rotatable bonds is 9. The van der Waals surface area contributed by atoms with Gasteiger partial charge in [-0.15, -0.1) is 11.3 Å². The number of hydrogen-bond donors (Lipinski definition) is 0. The van der Waals surface area contributed by atoms with E-state index >= 15 is 0 Å². The fourth-order valence-electron chi connectivity index (χ4n) is 3.35. The molecule has 0 aliphatic heterocycles. The average Bonchev–Trinajstić information content (AvgIpc) is 3.22. The minimum Gasteiger partial charge on any atom is -0.482 e. The first kappa shape index (κ1) is 25.7. The van der Waals surface area contributed by atoms with Crippen LogP contribution in [0.25, 0.3) is 11.1 Å². The molecule has 9 heteroatoms. The van der Waals surface area contributed by atoms with E-state index in [1.54, 1.807) is 19.1 Å². The Bertz CT molecular complexity index is 1110. The van der Waals surface area contributed by atoms with Gasteiger partial charge >= 0.3 is 12.1 Å². The Labute approximate surface area is 198 Å². The fourth-order valence-corrected chi connectivity index (χ4v) is 4.31. The van der Waals surface area contributed by atoms with Gasteiger partial charge in [0.2, 0.25) is 0 Å². The predicted octanol–water partition coefficient (Wildman–Crippen LogP) is 7.35. The monoisotopic (exact) mass is 498 g/mol. The van der Waals surface area contributed by atoms with E-state index in [2.05, 4.69) is 0 Å². The smallest absolute Gasteiger partial charge is 0.425 e. The van der Waals surface area contributed by atoms with Crippen LogP contribution in [0.15, 0.2) is 42.5 Å². The predicted molar refractivity (Wildman–Crippen MR) is 120 cm³/mol. The van der Waals surface area contributed by atoms with Crippen molar-refractivity contribution in [2.75, 3.05) is 6.61 Å². The Balaban J connectivity index is 1.82. The molecule has 1 heterocycles. The van der Waals surface area contributed by atoms with Gasteiger partial charge in [-0.1, -0.05) is 31.2 Å². The summed E-state index contributed by atoms with van der Waals surface area (Å²) in [5, 5.41) is 0. The average molecular weight is 499 g/mol. The third-order valence-corrected chi connectivity index (χ3v) is 6.24. The number of aryl methyl sites for hydroxylation is 2. The molecule has 0 spiro atoms. The Kier molecular flexibility index (Phi) is 8.30. The number of carbonyl (C=O) groups excluding carboxylic acids is 1. The van der Waals surface area contributed by atoms with E-state index < -0.39 is 41.0 Å². The van der Waals surface area contributed by atoms with E-state index in [0.29, 0.717) is 22.5 Å². The van der Waals surface area contributed by atoms with Gasteiger partial charge in [-0.2, -0.15) is 13.2 Å². The molecule has 0 aliphatic carbocycles. The normalized spacial score (nSPS) is 11.5. The van der Waals surface area contributed by atoms with Crippen LogP contribution in [0.4, 0.5) is 22.0 Å². The van der Waals surface area contributed by atoms with E-state index in [4.69, 9.17) is 9.47 Å². The van der Waals surface area contributed by atoms with Crippen molar-refractivity contribution in [3.63, 3.8) is 0 Å². The van der Waals surface area contributed by atoms with E-state index in [0.717, 1.165) is 30.2 Å². The van der Waals surface area contributed by atoms with Crippen LogP contribution in [0, 0.1) is 11.6 Å². The minimum absolute atomic E-state index is 0.0392. The Morgan fingerprint density at radius 2 is 1.62 bits per heavy atom. The number of carbonyl (C=O) groups is 1. The third-order valence-electron chi connectivity index (χ3n) is 5.09. The Morgan fingerprint density at radius 3 is 2.18 bits per heavy atom. The topological polar surface area (TPSA) is 35.5 Å². The number of thiophene rings is 1. The second-order valence-corrected chi connectivity index (χ2v) is 8.61. The molecule has 3 nitrogen and oxygen atoms in total. The molecule has 1 aromatic heterocycles. The van der Waals surface area contributed by atoms with Crippen molar-refractivity contribution in [3.8, 4) is 16.9 Å². The van der Waals surface area contributed by atoms with Gasteiger partial charge in [0.25, 0.3) is 0 Å². The van der Waals surface area contributed by atoms with Gasteiger partial charge in [0.1, 0.15) is 11.5 Å². The van der Waals surface area contributed by atoms with Crippen LogP contribution in [0.1, 0.15) is 41.1 Å². The summed E-state index contributed by atoms with van der Waals surface area (Å²) in [6.07, 6.45) is -3.74. The van der Waals surface area contributed by atoms with Crippen LogP contribution in [-0.2, 0) is 35.2 Å². The summed E-state index contributed by atoms with van der Waals surface area (Å²) < 4.78 is 79.2. The molecule has 0 atom stereocenters. The third kappa shape index (κ3) is 6.34. The molecule has 0 N–H and O–H groups in total. The summed E-state index contributed by atoms with van der Waals surface area (Å²) in [6.45, 7) is 3.38. The van der Waals surface area contributed by atoms with Gasteiger partial charge in [0, 0.05) is 6.42 Å². The molecule has 0 saturated heterocycles. The first-order chi connectivity index (χ1) is 16.1. The molecule has 0 bridgehead atoms. The first-order valence-corrected chi connectivity index (χ1v) is 11.5. The van der Waals surface area contributed by atoms with Crippen LogP contribution in [0.2, 0.25) is 0 Å². The first-order valence-electron chi connectivity index (χ1n) is 10.7. The molecule has 0 saturated carbocycles. The summed E-state index contributed by atoms with van der Waals surface area (Å²) in [7, 11) is 0. The Hall–Kier alpha value is -2.94. The summed E-state index contributed by atoms with van der Waals surface area (Å²) in [5.41, 5.74) is 2.12. The van der Waals surface area contributed by atoms with E-state index in [-0.39, 0.29) is 29.9 Å². The summed E-state index contributed by atoms with van der Waals surface area (Å²) >= 11 is 0.475. The molecule has 0 radical (unpaired) electrons. The maximum absolute atomic E-state index is 14.5. The fraction of sp³-hybridized carbons (Fsp3) is 0.320. The van der Waals surface area contributed by atoms with Gasteiger partial charge in [0.05, 0.1) is 11.5 Å². The number of ether oxygens (including phenoxy) is 2. The zero-order valence-electron chi connectivity index (χ0n) is 18.6. The van der Waals surface area contributed by atoms with Crippen molar-refractivity contribution < 1.29 is 36.2 Å². The van der Waals surface area contributed by atoms with Crippen LogP contribution >= 0.6 is 11.3 Å². The second-order valence-electron chi connectivity index (χ2n) is 7.48. The summed E-state index contributed by atoms with van der Waals surface area (Å²) in [4.78, 5) is 10.8. The maximum atomic E-state index is 14.5. The maximum Gasteiger partial charge on any atom is 0.425 e. The molecule has 34 heavy (non-hydrogen) atoms. The van der Waals surface area contributed by atoms with Crippen LogP contribution < -0.4 is 4.74 Å². The lowest BCUT2D eigenvalue weighted by atomic mass is 10.0. The van der Waals surface area contributed by atoms with Gasteiger partial charge in [-0.05, 0) is 60.2 Å². The molecule has 3 aromatic rings. The highest BCUT2D eigenvalue weighted by Gasteiger charge is 2.34. The number of hydrogen-bond acceptors (Lipinski definition) is 4. The number of esters is 1. The van der Waals surface area contributed by atoms with Crippen molar-refractivity contribution in [1.29, 1.82) is 0 Å². The Morgan fingerprint density at radius 1 is 0.971 bits per heavy atom. The van der Waals surface area contributed by atoms with Crippen molar-refractivity contribution in [2.24, 2.45) is 0 Å². The standard InChI is InChI=1S/C25H23F5O3S/c1-3-15-5-8-17(9-6-15)18-13-22(25(28,29)30)34-21(18)14-33-24-19(26)11-16(12-20(24)27)7-10-23(31)32-4-2/h5-6,8-9,11-13H,3-4,7,10,14H2,1-2H3. The number of alkyl halides is 3. The SMILES string of the molecule is CCOC(=O)CCc1cc(F)c(OCc2sc(C(F)(F)F)cc2-c2ccc(CC)cc2)c(F)c1. The molecule has 0 fully saturated rings. The lowest BCUT2D eigenvalue weighted by molar-refractivity contribution is -0.143. The van der Waals surface area contributed by atoms with Crippen LogP contribution in [0.3, 0.4) is 0 Å². The van der Waals surface area contributed by atoms with E-state index in [9.17, 15) is 26.7 Å². The largest absolute Gasteiger partial charge is 0.482 e. The molecule has 0 unspecified atom stereocenters. The van der Waals surface area contributed by atoms with Crippen molar-refractivity contribution in [3.05, 3.63) is 75.0 Å². The zero-order valence-corrected chi connectivity index (χ0v) is 19.4. The van der Waals surface area contributed by atoms with Crippen molar-refractivity contribution in [1.82, 2.24) is 0 Å². The molecular formula is C25H23F5O3S. The quantitative estimate of drug-likeness (QED) is 0.229. The van der Waals surface area contributed by atoms with Gasteiger partial charge < -0.3 is 9.47 Å². The number of benzene rings is 2. The second kappa shape index (κ2) is 11.0. The highest BCUT2D eigenvalue weighted by atomic mass is 32.1. The molecule has 0 aliphatic rings. The van der Waals surface area contributed by atoms with Crippen LogP contribution in [-0.4, -0.2) is 12.6 Å². The summed E-state index contributed by atoms with van der Waals surface area (Å²) in [5.74, 6) is -3.17. The molecule has 0 amide bonds. The van der Waals surface area contributed by atoms with Crippen molar-refractivity contribution >= 4 is 17.3 Å². The molecule has 2 aromatic carbocycles. The van der Waals surface area contributed by atoms with E-state index in [1.165, 1.54) is 0 Å². The van der Waals surface area contributed by atoms with Gasteiger partial charge in [0.15, 0.2) is 17.4 Å². The molecule has 182 valence electrons. The van der Waals surface area contributed by atoms with Gasteiger partial charge in [-0.3, -0.25) is 4.79 Å². The van der Waals surface area contributed by atoms with E-state index in [1.807, 2.05) is 19.1 Å². The highest BCUT2D eigenvalue weighted by molar-refractivity contribution is 7.12. The molecular weight excluding hydrogens is 475 g/mol.